The minimum atomic E-state index is 0.788. The number of hydrogen-bond acceptors (Lipinski definition) is 3. The Balaban J connectivity index is 2.09. The fourth-order valence-corrected chi connectivity index (χ4v) is 1.88. The van der Waals surface area contributed by atoms with Gasteiger partial charge in [0.1, 0.15) is 0 Å². The van der Waals surface area contributed by atoms with Crippen molar-refractivity contribution in [2.75, 3.05) is 18.1 Å². The van der Waals surface area contributed by atoms with Gasteiger partial charge in [0.2, 0.25) is 0 Å². The van der Waals surface area contributed by atoms with E-state index >= 15 is 0 Å². The molecular formula is C13H16N4S. The quantitative estimate of drug-likeness (QED) is 0.493. The van der Waals surface area contributed by atoms with E-state index in [0.29, 0.717) is 0 Å². The Hall–Kier alpha value is -1.75. The summed E-state index contributed by atoms with van der Waals surface area (Å²) in [6, 6.07) is 8.16. The lowest BCUT2D eigenvalue weighted by Crippen LogP contribution is -1.94. The van der Waals surface area contributed by atoms with Crippen LogP contribution in [0.1, 0.15) is 6.92 Å². The monoisotopic (exact) mass is 260 g/mol. The topological polar surface area (TPSA) is 53.1 Å². The van der Waals surface area contributed by atoms with E-state index in [4.69, 9.17) is 0 Å². The Labute approximate surface area is 111 Å². The van der Waals surface area contributed by atoms with Crippen LogP contribution in [0.15, 0.2) is 40.6 Å². The molecule has 0 fully saturated rings. The van der Waals surface area contributed by atoms with Gasteiger partial charge in [-0.1, -0.05) is 23.9 Å². The lowest BCUT2D eigenvalue weighted by Gasteiger charge is -2.02. The minimum absolute atomic E-state index is 0.788. The molecule has 0 amide bonds. The molecule has 0 bridgehead atoms. The predicted molar refractivity (Wildman–Crippen MR) is 78.5 cm³/mol. The number of imidazole rings is 1. The van der Waals surface area contributed by atoms with Crippen LogP contribution in [-0.2, 0) is 0 Å². The highest BCUT2D eigenvalue weighted by molar-refractivity contribution is 7.98. The highest BCUT2D eigenvalue weighted by Crippen LogP contribution is 2.21. The zero-order valence-electron chi connectivity index (χ0n) is 10.5. The predicted octanol–water partition coefficient (Wildman–Crippen LogP) is 3.26. The van der Waals surface area contributed by atoms with E-state index < -0.39 is 0 Å². The van der Waals surface area contributed by atoms with Gasteiger partial charge in [0.15, 0.2) is 5.16 Å². The van der Waals surface area contributed by atoms with Crippen molar-refractivity contribution in [3.8, 4) is 11.3 Å². The summed E-state index contributed by atoms with van der Waals surface area (Å²) in [4.78, 5) is 11.6. The molecule has 1 heterocycles. The third-order valence-corrected chi connectivity index (χ3v) is 3.04. The molecule has 2 rings (SSSR count). The van der Waals surface area contributed by atoms with Crippen LogP contribution in [0.5, 0.6) is 0 Å². The largest absolute Gasteiger partial charge is 0.347 e. The average Bonchev–Trinajstić information content (AvgIpc) is 2.89. The SMILES string of the molecule is CCN=CNc1ccc(-c2cnc(SC)[nH]2)cc1. The molecule has 0 unspecified atom stereocenters. The Morgan fingerprint density at radius 1 is 1.39 bits per heavy atom. The van der Waals surface area contributed by atoms with Crippen molar-refractivity contribution in [2.24, 2.45) is 4.99 Å². The van der Waals surface area contributed by atoms with E-state index in [1.54, 1.807) is 18.1 Å². The molecular weight excluding hydrogens is 244 g/mol. The van der Waals surface area contributed by atoms with E-state index in [2.05, 4.69) is 32.4 Å². The highest BCUT2D eigenvalue weighted by Gasteiger charge is 2.01. The van der Waals surface area contributed by atoms with Crippen LogP contribution in [0.3, 0.4) is 0 Å². The number of aromatic nitrogens is 2. The number of aliphatic imine (C=N–C) groups is 1. The molecule has 1 aromatic carbocycles. The number of H-pyrrole nitrogens is 1. The molecule has 5 heteroatoms. The third kappa shape index (κ3) is 3.13. The summed E-state index contributed by atoms with van der Waals surface area (Å²) >= 11 is 1.60. The first kappa shape index (κ1) is 12.7. The van der Waals surface area contributed by atoms with Gasteiger partial charge in [0.25, 0.3) is 0 Å². The molecule has 18 heavy (non-hydrogen) atoms. The van der Waals surface area contributed by atoms with Gasteiger partial charge in [-0.05, 0) is 30.9 Å². The first-order chi connectivity index (χ1) is 8.83. The van der Waals surface area contributed by atoms with Crippen LogP contribution in [0.2, 0.25) is 0 Å². The number of nitrogens with zero attached hydrogens (tertiary/aromatic N) is 2. The van der Waals surface area contributed by atoms with Crippen LogP contribution in [0.25, 0.3) is 11.3 Å². The van der Waals surface area contributed by atoms with Crippen molar-refractivity contribution in [1.29, 1.82) is 0 Å². The van der Waals surface area contributed by atoms with E-state index in [-0.39, 0.29) is 0 Å². The second-order valence-electron chi connectivity index (χ2n) is 3.66. The molecule has 0 aliphatic carbocycles. The molecule has 1 aromatic heterocycles. The van der Waals surface area contributed by atoms with E-state index in [9.17, 15) is 0 Å². The molecule has 0 spiro atoms. The van der Waals surface area contributed by atoms with Gasteiger partial charge < -0.3 is 10.3 Å². The Morgan fingerprint density at radius 3 is 2.78 bits per heavy atom. The molecule has 4 nitrogen and oxygen atoms in total. The summed E-state index contributed by atoms with van der Waals surface area (Å²) in [7, 11) is 0. The number of rotatable bonds is 5. The highest BCUT2D eigenvalue weighted by atomic mass is 32.2. The summed E-state index contributed by atoms with van der Waals surface area (Å²) < 4.78 is 0. The van der Waals surface area contributed by atoms with Crippen LogP contribution < -0.4 is 5.32 Å². The summed E-state index contributed by atoms with van der Waals surface area (Å²) in [5.41, 5.74) is 3.19. The van der Waals surface area contributed by atoms with Crippen molar-refractivity contribution < 1.29 is 0 Å². The fourth-order valence-electron chi connectivity index (χ4n) is 1.51. The van der Waals surface area contributed by atoms with Crippen molar-refractivity contribution in [2.45, 2.75) is 12.1 Å². The van der Waals surface area contributed by atoms with Crippen molar-refractivity contribution >= 4 is 23.8 Å². The zero-order valence-corrected chi connectivity index (χ0v) is 11.3. The molecule has 0 aliphatic heterocycles. The molecule has 2 aromatic rings. The maximum atomic E-state index is 4.26. The molecule has 94 valence electrons. The van der Waals surface area contributed by atoms with Gasteiger partial charge in [-0.3, -0.25) is 4.99 Å². The lowest BCUT2D eigenvalue weighted by atomic mass is 10.1. The number of aromatic amines is 1. The second kappa shape index (κ2) is 6.26. The molecule has 2 N–H and O–H groups in total. The Kier molecular flexibility index (Phi) is 4.41. The van der Waals surface area contributed by atoms with Crippen molar-refractivity contribution in [3.63, 3.8) is 0 Å². The van der Waals surface area contributed by atoms with Gasteiger partial charge in [0.05, 0.1) is 18.2 Å². The molecule has 0 saturated carbocycles. The summed E-state index contributed by atoms with van der Waals surface area (Å²) in [6.07, 6.45) is 5.58. The first-order valence-corrected chi connectivity index (χ1v) is 7.00. The van der Waals surface area contributed by atoms with Crippen molar-refractivity contribution in [1.82, 2.24) is 9.97 Å². The van der Waals surface area contributed by atoms with E-state index in [0.717, 1.165) is 28.6 Å². The summed E-state index contributed by atoms with van der Waals surface area (Å²) in [5.74, 6) is 0. The zero-order chi connectivity index (χ0) is 12.8. The third-order valence-electron chi connectivity index (χ3n) is 2.45. The molecule has 0 aliphatic rings. The maximum Gasteiger partial charge on any atom is 0.165 e. The first-order valence-electron chi connectivity index (χ1n) is 5.77. The summed E-state index contributed by atoms with van der Waals surface area (Å²) in [5, 5.41) is 4.05. The standard InChI is InChI=1S/C13H16N4S/c1-3-14-9-16-11-6-4-10(5-7-11)12-8-15-13(17-12)18-2/h4-9H,3H2,1-2H3,(H,14,16)(H,15,17). The van der Waals surface area contributed by atoms with Gasteiger partial charge in [0, 0.05) is 12.2 Å². The molecule has 0 atom stereocenters. The van der Waals surface area contributed by atoms with Gasteiger partial charge in [-0.15, -0.1) is 0 Å². The van der Waals surface area contributed by atoms with E-state index in [1.165, 1.54) is 0 Å². The van der Waals surface area contributed by atoms with Gasteiger partial charge >= 0.3 is 0 Å². The van der Waals surface area contributed by atoms with Crippen LogP contribution in [0, 0.1) is 0 Å². The number of benzene rings is 1. The molecule has 0 saturated heterocycles. The van der Waals surface area contributed by atoms with Gasteiger partial charge in [-0.25, -0.2) is 4.98 Å². The van der Waals surface area contributed by atoms with Crippen LogP contribution in [0.4, 0.5) is 5.69 Å². The van der Waals surface area contributed by atoms with Crippen LogP contribution in [-0.4, -0.2) is 29.1 Å². The van der Waals surface area contributed by atoms with Crippen molar-refractivity contribution in [3.05, 3.63) is 30.5 Å². The number of nitrogens with one attached hydrogen (secondary N) is 2. The maximum absolute atomic E-state index is 4.26. The normalized spacial score (nSPS) is 11.0. The minimum Gasteiger partial charge on any atom is -0.347 e. The molecule has 0 radical (unpaired) electrons. The second-order valence-corrected chi connectivity index (χ2v) is 4.45. The Morgan fingerprint density at radius 2 is 2.17 bits per heavy atom. The number of hydrogen-bond donors (Lipinski definition) is 2. The van der Waals surface area contributed by atoms with Gasteiger partial charge in [-0.2, -0.15) is 0 Å². The van der Waals surface area contributed by atoms with E-state index in [1.807, 2.05) is 31.5 Å². The fraction of sp³-hybridized carbons (Fsp3) is 0.231. The Bertz CT molecular complexity index is 516. The number of anilines is 1. The lowest BCUT2D eigenvalue weighted by molar-refractivity contribution is 1.06. The number of thioether (sulfide) groups is 1. The summed E-state index contributed by atoms with van der Waals surface area (Å²) in [6.45, 7) is 2.79. The van der Waals surface area contributed by atoms with Crippen LogP contribution >= 0.6 is 11.8 Å². The smallest absolute Gasteiger partial charge is 0.165 e. The average molecular weight is 260 g/mol.